The Balaban J connectivity index is 2.24. The van der Waals surface area contributed by atoms with Gasteiger partial charge in [0.05, 0.1) is 13.3 Å². The summed E-state index contributed by atoms with van der Waals surface area (Å²) in [5.41, 5.74) is -1.39. The van der Waals surface area contributed by atoms with Crippen molar-refractivity contribution < 1.29 is 26.7 Å². The van der Waals surface area contributed by atoms with Crippen molar-refractivity contribution in [1.29, 1.82) is 0 Å². The maximum absolute atomic E-state index is 13.8. The predicted octanol–water partition coefficient (Wildman–Crippen LogP) is 3.10. The first kappa shape index (κ1) is 15.1. The number of hydrogen-bond donors (Lipinski definition) is 0. The fraction of sp³-hybridized carbons (Fsp3) is 0.154. The van der Waals surface area contributed by atoms with Crippen LogP contribution < -0.4 is 4.74 Å². The molecule has 0 saturated heterocycles. The number of aromatic nitrogens is 4. The summed E-state index contributed by atoms with van der Waals surface area (Å²) < 4.78 is 71.3. The highest BCUT2D eigenvalue weighted by molar-refractivity contribution is 5.57. The van der Waals surface area contributed by atoms with Crippen LogP contribution in [-0.2, 0) is 6.18 Å². The molecule has 3 aromatic rings. The number of fused-ring (bicyclic) bond motifs is 1. The second-order valence-electron chi connectivity index (χ2n) is 4.44. The Hall–Kier alpha value is -2.78. The Labute approximate surface area is 125 Å². The van der Waals surface area contributed by atoms with Gasteiger partial charge in [-0.1, -0.05) is 0 Å². The first-order valence-electron chi connectivity index (χ1n) is 6.13. The van der Waals surface area contributed by atoms with Gasteiger partial charge >= 0.3 is 6.18 Å². The molecular weight excluding hydrogens is 323 g/mol. The Morgan fingerprint density at radius 2 is 1.87 bits per heavy atom. The minimum atomic E-state index is -5.01. The van der Waals surface area contributed by atoms with Crippen LogP contribution >= 0.6 is 0 Å². The summed E-state index contributed by atoms with van der Waals surface area (Å²) in [6, 6.07) is 2.50. The number of halogens is 5. The highest BCUT2D eigenvalue weighted by atomic mass is 19.4. The fourth-order valence-electron chi connectivity index (χ4n) is 2.03. The Kier molecular flexibility index (Phi) is 3.38. The summed E-state index contributed by atoms with van der Waals surface area (Å²) in [5.74, 6) is -3.78. The van der Waals surface area contributed by atoms with Gasteiger partial charge in [0.1, 0.15) is 17.2 Å². The van der Waals surface area contributed by atoms with E-state index in [0.29, 0.717) is 5.65 Å². The number of rotatable bonds is 2. The molecule has 23 heavy (non-hydrogen) atoms. The van der Waals surface area contributed by atoms with Crippen molar-refractivity contribution in [1.82, 2.24) is 19.4 Å². The normalized spacial score (nSPS) is 11.9. The molecule has 0 fully saturated rings. The minimum absolute atomic E-state index is 0.0189. The third kappa shape index (κ3) is 2.56. The van der Waals surface area contributed by atoms with Crippen LogP contribution in [0.4, 0.5) is 22.0 Å². The van der Waals surface area contributed by atoms with Crippen LogP contribution in [0, 0.1) is 11.8 Å². The molecule has 0 N–H and O–H groups in total. The van der Waals surface area contributed by atoms with Crippen molar-refractivity contribution in [3.63, 3.8) is 0 Å². The van der Waals surface area contributed by atoms with E-state index < -0.39 is 35.2 Å². The molecule has 5 nitrogen and oxygen atoms in total. The smallest absolute Gasteiger partial charge is 0.426 e. The van der Waals surface area contributed by atoms with Crippen molar-refractivity contribution in [2.24, 2.45) is 0 Å². The van der Waals surface area contributed by atoms with Gasteiger partial charge in [0, 0.05) is 6.20 Å². The quantitative estimate of drug-likeness (QED) is 0.535. The van der Waals surface area contributed by atoms with Crippen molar-refractivity contribution in [2.75, 3.05) is 7.11 Å². The van der Waals surface area contributed by atoms with E-state index in [2.05, 4.69) is 19.7 Å². The van der Waals surface area contributed by atoms with Gasteiger partial charge in [-0.3, -0.25) is 4.40 Å². The van der Waals surface area contributed by atoms with Gasteiger partial charge in [0.2, 0.25) is 11.8 Å². The Bertz CT molecular complexity index is 890. The third-order valence-electron chi connectivity index (χ3n) is 3.01. The zero-order valence-corrected chi connectivity index (χ0v) is 11.4. The molecule has 3 aromatic heterocycles. The number of pyridine rings is 1. The summed E-state index contributed by atoms with van der Waals surface area (Å²) in [6.07, 6.45) is -2.79. The van der Waals surface area contributed by atoms with Crippen LogP contribution in [0.25, 0.3) is 17.2 Å². The summed E-state index contributed by atoms with van der Waals surface area (Å²) in [7, 11) is 0.926. The van der Waals surface area contributed by atoms with E-state index in [1.807, 2.05) is 0 Å². The van der Waals surface area contributed by atoms with Gasteiger partial charge < -0.3 is 4.74 Å². The molecular formula is C13H7F5N4O. The van der Waals surface area contributed by atoms with Crippen LogP contribution in [0.2, 0.25) is 0 Å². The molecule has 0 spiro atoms. The van der Waals surface area contributed by atoms with Crippen LogP contribution in [0.1, 0.15) is 5.56 Å². The van der Waals surface area contributed by atoms with Gasteiger partial charge in [0.15, 0.2) is 11.4 Å². The largest absolute Gasteiger partial charge is 0.480 e. The fourth-order valence-corrected chi connectivity index (χ4v) is 2.03. The van der Waals surface area contributed by atoms with Gasteiger partial charge in [0.25, 0.3) is 0 Å². The van der Waals surface area contributed by atoms with Gasteiger partial charge in [-0.05, 0) is 12.1 Å². The summed E-state index contributed by atoms with van der Waals surface area (Å²) in [4.78, 5) is 10.7. The van der Waals surface area contributed by atoms with E-state index in [4.69, 9.17) is 0 Å². The first-order chi connectivity index (χ1) is 10.8. The minimum Gasteiger partial charge on any atom is -0.480 e. The molecule has 3 heterocycles. The monoisotopic (exact) mass is 330 g/mol. The number of imidazole rings is 1. The van der Waals surface area contributed by atoms with Crippen LogP contribution in [0.3, 0.4) is 0 Å². The van der Waals surface area contributed by atoms with Crippen molar-refractivity contribution >= 4 is 5.65 Å². The molecule has 0 aliphatic rings. The maximum atomic E-state index is 13.8. The lowest BCUT2D eigenvalue weighted by atomic mass is 10.3. The summed E-state index contributed by atoms with van der Waals surface area (Å²) >= 11 is 0. The summed E-state index contributed by atoms with van der Waals surface area (Å²) in [5, 5.41) is 0. The van der Waals surface area contributed by atoms with Crippen LogP contribution in [0.5, 0.6) is 5.88 Å². The van der Waals surface area contributed by atoms with E-state index in [1.165, 1.54) is 16.7 Å². The van der Waals surface area contributed by atoms with Crippen molar-refractivity contribution in [2.45, 2.75) is 6.18 Å². The van der Waals surface area contributed by atoms with Gasteiger partial charge in [-0.25, -0.2) is 9.37 Å². The van der Waals surface area contributed by atoms with Crippen LogP contribution in [-0.4, -0.2) is 26.5 Å². The SMILES string of the molecule is COc1nc(-c2cnc3ccc(F)cn23)nc(F)c1C(F)(F)F. The molecule has 120 valence electrons. The summed E-state index contributed by atoms with van der Waals surface area (Å²) in [6.45, 7) is 0. The van der Waals surface area contributed by atoms with Gasteiger partial charge in [-0.15, -0.1) is 0 Å². The molecule has 0 aliphatic heterocycles. The van der Waals surface area contributed by atoms with Crippen molar-refractivity contribution in [3.8, 4) is 17.4 Å². The van der Waals surface area contributed by atoms with Crippen molar-refractivity contribution in [3.05, 3.63) is 41.9 Å². The average molecular weight is 330 g/mol. The highest BCUT2D eigenvalue weighted by Crippen LogP contribution is 2.37. The molecule has 0 saturated carbocycles. The number of alkyl halides is 3. The maximum Gasteiger partial charge on any atom is 0.426 e. The molecule has 0 atom stereocenters. The topological polar surface area (TPSA) is 52.3 Å². The first-order valence-corrected chi connectivity index (χ1v) is 6.13. The second-order valence-corrected chi connectivity index (χ2v) is 4.44. The molecule has 0 amide bonds. The number of hydrogen-bond acceptors (Lipinski definition) is 4. The van der Waals surface area contributed by atoms with Gasteiger partial charge in [-0.2, -0.15) is 27.5 Å². The number of nitrogens with zero attached hydrogens (tertiary/aromatic N) is 4. The molecule has 0 aliphatic carbocycles. The Morgan fingerprint density at radius 1 is 1.13 bits per heavy atom. The lowest BCUT2D eigenvalue weighted by Crippen LogP contribution is -2.14. The number of ether oxygens (including phenoxy) is 1. The zero-order chi connectivity index (χ0) is 16.8. The molecule has 10 heteroatoms. The number of methoxy groups -OCH3 is 1. The predicted molar refractivity (Wildman–Crippen MR) is 67.7 cm³/mol. The zero-order valence-electron chi connectivity index (χ0n) is 11.4. The average Bonchev–Trinajstić information content (AvgIpc) is 2.87. The van der Waals surface area contributed by atoms with E-state index in [0.717, 1.165) is 19.4 Å². The Morgan fingerprint density at radius 3 is 2.52 bits per heavy atom. The van der Waals surface area contributed by atoms with E-state index in [-0.39, 0.29) is 5.69 Å². The molecule has 0 aromatic carbocycles. The lowest BCUT2D eigenvalue weighted by Gasteiger charge is -2.12. The van der Waals surface area contributed by atoms with E-state index >= 15 is 0 Å². The third-order valence-corrected chi connectivity index (χ3v) is 3.01. The van der Waals surface area contributed by atoms with E-state index in [1.54, 1.807) is 0 Å². The van der Waals surface area contributed by atoms with Crippen LogP contribution in [0.15, 0.2) is 24.5 Å². The molecule has 0 bridgehead atoms. The molecule has 3 rings (SSSR count). The standard InChI is InChI=1S/C13H7F5N4O/c1-23-12-9(13(16,17)18)10(15)20-11(21-12)7-4-19-8-3-2-6(14)5-22(7)8/h2-5H,1H3. The lowest BCUT2D eigenvalue weighted by molar-refractivity contribution is -0.142. The highest BCUT2D eigenvalue weighted by Gasteiger charge is 2.40. The van der Waals surface area contributed by atoms with E-state index in [9.17, 15) is 22.0 Å². The second kappa shape index (κ2) is 5.14. The molecule has 0 radical (unpaired) electrons. The molecule has 0 unspecified atom stereocenters.